The molecule has 2 rings (SSSR count). The molecule has 0 bridgehead atoms. The Hall–Kier alpha value is -1.22. The summed E-state index contributed by atoms with van der Waals surface area (Å²) in [6.07, 6.45) is 6.59. The van der Waals surface area contributed by atoms with E-state index in [4.69, 9.17) is 13.9 Å². The monoisotopic (exact) mass is 532 g/mol. The summed E-state index contributed by atoms with van der Waals surface area (Å²) in [7, 11) is 1.60. The third-order valence-corrected chi connectivity index (χ3v) is 7.09. The molecule has 1 unspecified atom stereocenters. The van der Waals surface area contributed by atoms with Crippen molar-refractivity contribution < 1.29 is 18.7 Å². The number of rotatable bonds is 13. The molecular weight excluding hydrogens is 503 g/mol. The van der Waals surface area contributed by atoms with E-state index in [1.54, 1.807) is 19.2 Å². The summed E-state index contributed by atoms with van der Waals surface area (Å²) in [5.41, 5.74) is 0.0828. The Morgan fingerprint density at radius 1 is 1.14 bits per heavy atom. The van der Waals surface area contributed by atoms with Crippen molar-refractivity contribution in [3.05, 3.63) is 34.7 Å². The number of methoxy groups -OCH3 is 1. The molecule has 0 N–H and O–H groups in total. The van der Waals surface area contributed by atoms with Gasteiger partial charge in [0.1, 0.15) is 17.1 Å². The number of hydrogen-bond donors (Lipinski definition) is 0. The molecule has 29 heavy (non-hydrogen) atoms. The van der Waals surface area contributed by atoms with Crippen LogP contribution in [0.1, 0.15) is 45.4 Å². The summed E-state index contributed by atoms with van der Waals surface area (Å²) in [5, 5.41) is 1.06. The molecule has 0 aliphatic carbocycles. The molecule has 0 saturated carbocycles. The summed E-state index contributed by atoms with van der Waals surface area (Å²) >= 11 is 3.74. The first-order valence-corrected chi connectivity index (χ1v) is 12.5. The highest BCUT2D eigenvalue weighted by atomic mass is 127. The zero-order valence-corrected chi connectivity index (χ0v) is 20.1. The van der Waals surface area contributed by atoms with Gasteiger partial charge in [-0.2, -0.15) is 0 Å². The van der Waals surface area contributed by atoms with E-state index in [1.807, 2.05) is 13.0 Å². The number of carbonyl (C=O) groups is 1. The SMILES string of the molecule is COc1ccc2oc(=O)cc(OCCCCCCCCSC(=O)C(C)CI)c2c1. The molecule has 1 heterocycles. The van der Waals surface area contributed by atoms with Gasteiger partial charge in [-0.1, -0.05) is 67.0 Å². The summed E-state index contributed by atoms with van der Waals surface area (Å²) < 4.78 is 17.2. The Morgan fingerprint density at radius 3 is 2.59 bits per heavy atom. The molecule has 0 amide bonds. The second kappa shape index (κ2) is 13.2. The van der Waals surface area contributed by atoms with E-state index in [9.17, 15) is 9.59 Å². The maximum atomic E-state index is 11.7. The fourth-order valence-corrected chi connectivity index (χ4v) is 4.45. The average Bonchev–Trinajstić information content (AvgIpc) is 2.73. The zero-order valence-electron chi connectivity index (χ0n) is 17.1. The van der Waals surface area contributed by atoms with Crippen molar-refractivity contribution in [2.75, 3.05) is 23.9 Å². The zero-order chi connectivity index (χ0) is 21.1. The summed E-state index contributed by atoms with van der Waals surface area (Å²) in [6.45, 7) is 2.56. The third-order valence-electron chi connectivity index (χ3n) is 4.59. The second-order valence-corrected chi connectivity index (χ2v) is 8.96. The van der Waals surface area contributed by atoms with Gasteiger partial charge in [-0.25, -0.2) is 4.79 Å². The number of carbonyl (C=O) groups excluding carboxylic acids is 1. The minimum absolute atomic E-state index is 0.162. The van der Waals surface area contributed by atoms with Gasteiger partial charge in [-0.15, -0.1) is 0 Å². The first kappa shape index (κ1) is 24.1. The fraction of sp³-hybridized carbons (Fsp3) is 0.545. The first-order chi connectivity index (χ1) is 14.0. The topological polar surface area (TPSA) is 65.7 Å². The van der Waals surface area contributed by atoms with Crippen LogP contribution >= 0.6 is 34.4 Å². The molecule has 5 nitrogen and oxygen atoms in total. The Bertz CT molecular complexity index is 836. The summed E-state index contributed by atoms with van der Waals surface area (Å²) in [5.74, 6) is 2.32. The maximum absolute atomic E-state index is 11.7. The van der Waals surface area contributed by atoms with Crippen LogP contribution in [0.4, 0.5) is 0 Å². The molecule has 0 fully saturated rings. The summed E-state index contributed by atoms with van der Waals surface area (Å²) in [4.78, 5) is 23.5. The van der Waals surface area contributed by atoms with Crippen LogP contribution in [0.5, 0.6) is 11.5 Å². The van der Waals surface area contributed by atoms with Gasteiger partial charge in [-0.3, -0.25) is 4.79 Å². The molecule has 0 aliphatic rings. The second-order valence-electron chi connectivity index (χ2n) is 6.98. The molecule has 0 spiro atoms. The number of halogens is 1. The lowest BCUT2D eigenvalue weighted by atomic mass is 10.1. The van der Waals surface area contributed by atoms with E-state index in [-0.39, 0.29) is 5.92 Å². The van der Waals surface area contributed by atoms with Crippen molar-refractivity contribution in [2.45, 2.75) is 45.4 Å². The van der Waals surface area contributed by atoms with Gasteiger partial charge in [0, 0.05) is 16.1 Å². The van der Waals surface area contributed by atoms with Crippen molar-refractivity contribution in [3.8, 4) is 11.5 Å². The van der Waals surface area contributed by atoms with Crippen LogP contribution in [0.2, 0.25) is 0 Å². The molecule has 1 atom stereocenters. The van der Waals surface area contributed by atoms with Gasteiger partial charge in [0.05, 0.1) is 25.2 Å². The maximum Gasteiger partial charge on any atom is 0.339 e. The van der Waals surface area contributed by atoms with Gasteiger partial charge in [0.2, 0.25) is 0 Å². The largest absolute Gasteiger partial charge is 0.497 e. The van der Waals surface area contributed by atoms with Crippen molar-refractivity contribution in [2.24, 2.45) is 5.92 Å². The van der Waals surface area contributed by atoms with Crippen LogP contribution in [-0.4, -0.2) is 29.0 Å². The fourth-order valence-electron chi connectivity index (χ4n) is 2.83. The Morgan fingerprint density at radius 2 is 1.86 bits per heavy atom. The van der Waals surface area contributed by atoms with Crippen LogP contribution in [0, 0.1) is 5.92 Å². The molecule has 0 aliphatic heterocycles. The lowest BCUT2D eigenvalue weighted by molar-refractivity contribution is -0.113. The quantitative estimate of drug-likeness (QED) is 0.140. The van der Waals surface area contributed by atoms with Crippen LogP contribution in [0.3, 0.4) is 0 Å². The van der Waals surface area contributed by atoms with Crippen LogP contribution < -0.4 is 15.1 Å². The molecular formula is C22H29IO5S. The standard InChI is InChI=1S/C22H29IO5S/c1-16(15-23)22(25)29-12-8-6-4-3-5-7-11-27-20-14-21(24)28-19-10-9-17(26-2)13-18(19)20/h9-10,13-14,16H,3-8,11-12,15H2,1-2H3. The van der Waals surface area contributed by atoms with E-state index >= 15 is 0 Å². The predicted molar refractivity (Wildman–Crippen MR) is 128 cm³/mol. The van der Waals surface area contributed by atoms with Crippen molar-refractivity contribution >= 4 is 50.4 Å². The molecule has 160 valence electrons. The Balaban J connectivity index is 1.64. The van der Waals surface area contributed by atoms with Crippen molar-refractivity contribution in [1.29, 1.82) is 0 Å². The predicted octanol–water partition coefficient (Wildman–Crippen LogP) is 5.85. The molecule has 2 aromatic rings. The van der Waals surface area contributed by atoms with Crippen molar-refractivity contribution in [3.63, 3.8) is 0 Å². The van der Waals surface area contributed by atoms with Gasteiger partial charge in [0.25, 0.3) is 0 Å². The smallest absolute Gasteiger partial charge is 0.339 e. The van der Waals surface area contributed by atoms with E-state index < -0.39 is 5.63 Å². The highest BCUT2D eigenvalue weighted by molar-refractivity contribution is 14.1. The third kappa shape index (κ3) is 8.20. The number of hydrogen-bond acceptors (Lipinski definition) is 6. The van der Waals surface area contributed by atoms with Gasteiger partial charge in [0.15, 0.2) is 5.12 Å². The molecule has 0 radical (unpaired) electrons. The number of alkyl halides is 1. The van der Waals surface area contributed by atoms with Gasteiger partial charge >= 0.3 is 5.63 Å². The normalized spacial score (nSPS) is 12.1. The van der Waals surface area contributed by atoms with E-state index in [1.165, 1.54) is 24.2 Å². The first-order valence-electron chi connectivity index (χ1n) is 10.0. The lowest BCUT2D eigenvalue weighted by Crippen LogP contribution is -2.08. The van der Waals surface area contributed by atoms with E-state index in [0.717, 1.165) is 47.7 Å². The Labute approximate surface area is 190 Å². The van der Waals surface area contributed by atoms with E-state index in [0.29, 0.717) is 28.8 Å². The van der Waals surface area contributed by atoms with Crippen molar-refractivity contribution in [1.82, 2.24) is 0 Å². The number of fused-ring (bicyclic) bond motifs is 1. The van der Waals surface area contributed by atoms with E-state index in [2.05, 4.69) is 22.6 Å². The van der Waals surface area contributed by atoms with Gasteiger partial charge in [-0.05, 0) is 31.0 Å². The minimum atomic E-state index is -0.415. The summed E-state index contributed by atoms with van der Waals surface area (Å²) in [6, 6.07) is 6.68. The lowest BCUT2D eigenvalue weighted by Gasteiger charge is -2.09. The van der Waals surface area contributed by atoms with Gasteiger partial charge < -0.3 is 13.9 Å². The number of benzene rings is 1. The molecule has 1 aromatic heterocycles. The number of ether oxygens (including phenoxy) is 2. The molecule has 0 saturated heterocycles. The highest BCUT2D eigenvalue weighted by Crippen LogP contribution is 2.28. The van der Waals surface area contributed by atoms with Crippen LogP contribution in [0.15, 0.2) is 33.5 Å². The van der Waals surface area contributed by atoms with Crippen LogP contribution in [0.25, 0.3) is 11.0 Å². The molecule has 1 aromatic carbocycles. The highest BCUT2D eigenvalue weighted by Gasteiger charge is 2.11. The van der Waals surface area contributed by atoms with Crippen LogP contribution in [-0.2, 0) is 4.79 Å². The Kier molecular flexibility index (Phi) is 10.9. The number of unbranched alkanes of at least 4 members (excludes halogenated alkanes) is 5. The average molecular weight is 532 g/mol. The minimum Gasteiger partial charge on any atom is -0.497 e. The number of thioether (sulfide) groups is 1. The molecule has 7 heteroatoms.